The third-order valence-corrected chi connectivity index (χ3v) is 4.01. The number of rotatable bonds is 7. The van der Waals surface area contributed by atoms with Crippen LogP contribution < -0.4 is 9.47 Å². The minimum Gasteiger partial charge on any atom is -0.493 e. The summed E-state index contributed by atoms with van der Waals surface area (Å²) in [6.07, 6.45) is 7.92. The number of terminal acetylenes is 1. The number of carbonyl (C=O) groups is 1. The molecule has 134 valence electrons. The number of hydrogen-bond acceptors (Lipinski definition) is 4. The molecule has 0 atom stereocenters. The number of hydrogen-bond donors (Lipinski definition) is 0. The van der Waals surface area contributed by atoms with Crippen LogP contribution in [0.1, 0.15) is 11.1 Å². The highest BCUT2D eigenvalue weighted by atomic mass is 35.5. The van der Waals surface area contributed by atoms with Crippen LogP contribution in [0.5, 0.6) is 11.5 Å². The highest BCUT2D eigenvalue weighted by Gasteiger charge is 2.07. The van der Waals surface area contributed by atoms with Crippen molar-refractivity contribution in [2.75, 3.05) is 13.7 Å². The summed E-state index contributed by atoms with van der Waals surface area (Å²) in [5, 5.41) is 0.960. The molecule has 0 unspecified atom stereocenters. The molecule has 0 saturated carbocycles. The summed E-state index contributed by atoms with van der Waals surface area (Å²) in [6.45, 7) is 0.245. The van der Waals surface area contributed by atoms with Crippen LogP contribution >= 0.6 is 23.2 Å². The zero-order valence-corrected chi connectivity index (χ0v) is 15.5. The van der Waals surface area contributed by atoms with Crippen molar-refractivity contribution in [3.05, 3.63) is 63.6 Å². The maximum atomic E-state index is 11.4. The van der Waals surface area contributed by atoms with Gasteiger partial charge in [-0.3, -0.25) is 0 Å². The van der Waals surface area contributed by atoms with Gasteiger partial charge in [-0.15, -0.1) is 6.42 Å². The number of ether oxygens (including phenoxy) is 3. The normalized spacial score (nSPS) is 10.4. The third-order valence-electron chi connectivity index (χ3n) is 3.28. The summed E-state index contributed by atoms with van der Waals surface area (Å²) < 4.78 is 15.9. The molecule has 0 aliphatic rings. The van der Waals surface area contributed by atoms with Gasteiger partial charge in [0.1, 0.15) is 6.61 Å². The van der Waals surface area contributed by atoms with E-state index in [1.165, 1.54) is 13.2 Å². The Morgan fingerprint density at radius 2 is 1.96 bits per heavy atom. The van der Waals surface area contributed by atoms with Gasteiger partial charge in [0, 0.05) is 6.08 Å². The summed E-state index contributed by atoms with van der Waals surface area (Å²) in [5.41, 5.74) is 1.63. The first-order chi connectivity index (χ1) is 12.5. The molecule has 0 N–H and O–H groups in total. The van der Waals surface area contributed by atoms with E-state index in [0.29, 0.717) is 28.2 Å². The van der Waals surface area contributed by atoms with Crippen LogP contribution in [0.4, 0.5) is 0 Å². The maximum Gasteiger partial charge on any atom is 0.331 e. The van der Waals surface area contributed by atoms with E-state index >= 15 is 0 Å². The lowest BCUT2D eigenvalue weighted by Gasteiger charge is -2.12. The Balaban J connectivity index is 2.05. The monoisotopic (exact) mass is 390 g/mol. The average Bonchev–Trinajstić information content (AvgIpc) is 2.65. The van der Waals surface area contributed by atoms with Crippen LogP contribution in [0.3, 0.4) is 0 Å². The third kappa shape index (κ3) is 5.73. The van der Waals surface area contributed by atoms with Crippen molar-refractivity contribution in [2.45, 2.75) is 6.61 Å². The van der Waals surface area contributed by atoms with E-state index in [2.05, 4.69) is 5.92 Å². The van der Waals surface area contributed by atoms with Crippen LogP contribution in [0.25, 0.3) is 6.08 Å². The zero-order valence-electron chi connectivity index (χ0n) is 14.0. The first-order valence-electron chi connectivity index (χ1n) is 7.56. The Morgan fingerprint density at radius 1 is 1.15 bits per heavy atom. The molecule has 0 aliphatic heterocycles. The van der Waals surface area contributed by atoms with Gasteiger partial charge in [0.05, 0.1) is 17.2 Å². The van der Waals surface area contributed by atoms with E-state index < -0.39 is 5.97 Å². The van der Waals surface area contributed by atoms with Crippen LogP contribution in [-0.4, -0.2) is 19.7 Å². The standard InChI is InChI=1S/C20H16Cl2O4/c1-3-10-25-20(23)9-6-14-5-8-18(19(12-14)24-2)26-13-15-4-7-16(21)17(22)11-15/h1,4-9,11-12H,10,13H2,2H3/b9-6+. The highest BCUT2D eigenvalue weighted by molar-refractivity contribution is 6.42. The second-order valence-electron chi connectivity index (χ2n) is 5.09. The van der Waals surface area contributed by atoms with E-state index in [1.807, 2.05) is 6.07 Å². The fourth-order valence-corrected chi connectivity index (χ4v) is 2.34. The molecule has 0 saturated heterocycles. The number of methoxy groups -OCH3 is 1. The Morgan fingerprint density at radius 3 is 2.65 bits per heavy atom. The average molecular weight is 391 g/mol. The second-order valence-corrected chi connectivity index (χ2v) is 5.91. The predicted octanol–water partition coefficient (Wildman–Crippen LogP) is 4.77. The smallest absolute Gasteiger partial charge is 0.331 e. The largest absolute Gasteiger partial charge is 0.493 e. The van der Waals surface area contributed by atoms with Gasteiger partial charge in [-0.1, -0.05) is 41.3 Å². The first kappa shape index (κ1) is 19.7. The van der Waals surface area contributed by atoms with Gasteiger partial charge in [-0.2, -0.15) is 0 Å². The van der Waals surface area contributed by atoms with Crippen molar-refractivity contribution in [3.63, 3.8) is 0 Å². The van der Waals surface area contributed by atoms with Crippen molar-refractivity contribution >= 4 is 35.2 Å². The maximum absolute atomic E-state index is 11.4. The van der Waals surface area contributed by atoms with Crippen molar-refractivity contribution in [3.8, 4) is 23.8 Å². The van der Waals surface area contributed by atoms with E-state index in [9.17, 15) is 4.79 Å². The summed E-state index contributed by atoms with van der Waals surface area (Å²) in [4.78, 5) is 11.4. The fourth-order valence-electron chi connectivity index (χ4n) is 2.02. The summed E-state index contributed by atoms with van der Waals surface area (Å²) in [7, 11) is 1.54. The molecular weight excluding hydrogens is 375 g/mol. The second kappa shape index (κ2) is 9.76. The summed E-state index contributed by atoms with van der Waals surface area (Å²) >= 11 is 11.9. The highest BCUT2D eigenvalue weighted by Crippen LogP contribution is 2.30. The number of halogens is 2. The van der Waals surface area contributed by atoms with Gasteiger partial charge < -0.3 is 14.2 Å². The molecule has 2 rings (SSSR count). The summed E-state index contributed by atoms with van der Waals surface area (Å²) in [5.74, 6) is 2.81. The molecule has 0 fully saturated rings. The molecular formula is C20H16Cl2O4. The summed E-state index contributed by atoms with van der Waals surface area (Å²) in [6, 6.07) is 10.6. The Bertz CT molecular complexity index is 853. The molecule has 4 nitrogen and oxygen atoms in total. The van der Waals surface area contributed by atoms with Crippen LogP contribution in [0, 0.1) is 12.3 Å². The Kier molecular flexibility index (Phi) is 7.40. The van der Waals surface area contributed by atoms with E-state index in [4.69, 9.17) is 43.8 Å². The molecule has 2 aromatic rings. The van der Waals surface area contributed by atoms with Crippen LogP contribution in [0.2, 0.25) is 10.0 Å². The van der Waals surface area contributed by atoms with E-state index in [0.717, 1.165) is 11.1 Å². The molecule has 0 spiro atoms. The SMILES string of the molecule is C#CCOC(=O)/C=C/c1ccc(OCc2ccc(Cl)c(Cl)c2)c(OC)c1. The van der Waals surface area contributed by atoms with Gasteiger partial charge >= 0.3 is 5.97 Å². The minimum atomic E-state index is -0.512. The molecule has 0 heterocycles. The zero-order chi connectivity index (χ0) is 18.9. The molecule has 0 bridgehead atoms. The lowest BCUT2D eigenvalue weighted by Crippen LogP contribution is -2.00. The van der Waals surface area contributed by atoms with E-state index in [-0.39, 0.29) is 6.61 Å². The fraction of sp³-hybridized carbons (Fsp3) is 0.150. The Hall–Kier alpha value is -2.61. The molecule has 2 aromatic carbocycles. The predicted molar refractivity (Wildman–Crippen MR) is 103 cm³/mol. The van der Waals surface area contributed by atoms with Crippen molar-refractivity contribution in [2.24, 2.45) is 0 Å². The van der Waals surface area contributed by atoms with Gasteiger partial charge in [-0.05, 0) is 41.5 Å². The topological polar surface area (TPSA) is 44.8 Å². The van der Waals surface area contributed by atoms with Gasteiger partial charge in [0.15, 0.2) is 18.1 Å². The van der Waals surface area contributed by atoms with Crippen molar-refractivity contribution in [1.82, 2.24) is 0 Å². The number of carbonyl (C=O) groups excluding carboxylic acids is 1. The van der Waals surface area contributed by atoms with Crippen LogP contribution in [0.15, 0.2) is 42.5 Å². The first-order valence-corrected chi connectivity index (χ1v) is 8.32. The van der Waals surface area contributed by atoms with Gasteiger partial charge in [-0.25, -0.2) is 4.79 Å². The molecule has 0 radical (unpaired) electrons. The van der Waals surface area contributed by atoms with Gasteiger partial charge in [0.2, 0.25) is 0 Å². The van der Waals surface area contributed by atoms with E-state index in [1.54, 1.807) is 36.4 Å². The van der Waals surface area contributed by atoms with Crippen LogP contribution in [-0.2, 0) is 16.1 Å². The van der Waals surface area contributed by atoms with Crippen molar-refractivity contribution in [1.29, 1.82) is 0 Å². The molecule has 6 heteroatoms. The lowest BCUT2D eigenvalue weighted by molar-refractivity contribution is -0.136. The minimum absolute atomic E-state index is 0.0615. The molecule has 0 aromatic heterocycles. The van der Waals surface area contributed by atoms with Gasteiger partial charge in [0.25, 0.3) is 0 Å². The lowest BCUT2D eigenvalue weighted by atomic mass is 10.2. The molecule has 26 heavy (non-hydrogen) atoms. The van der Waals surface area contributed by atoms with Crippen molar-refractivity contribution < 1.29 is 19.0 Å². The number of esters is 1. The number of benzene rings is 2. The Labute approximate surface area is 162 Å². The quantitative estimate of drug-likeness (QED) is 0.388. The molecule has 0 aliphatic carbocycles. The molecule has 0 amide bonds.